The molecule has 0 amide bonds. The van der Waals surface area contributed by atoms with E-state index in [-0.39, 0.29) is 0 Å². The van der Waals surface area contributed by atoms with Gasteiger partial charge in [0.1, 0.15) is 5.75 Å². The summed E-state index contributed by atoms with van der Waals surface area (Å²) < 4.78 is 7.00. The van der Waals surface area contributed by atoms with Crippen LogP contribution in [0.3, 0.4) is 0 Å². The summed E-state index contributed by atoms with van der Waals surface area (Å²) in [5.74, 6) is 2.82. The number of hydrogen-bond acceptors (Lipinski definition) is 2. The van der Waals surface area contributed by atoms with Crippen LogP contribution in [0.15, 0.2) is 22.7 Å². The first kappa shape index (κ1) is 15.4. The van der Waals surface area contributed by atoms with Gasteiger partial charge in [0.05, 0.1) is 6.61 Å². The molecule has 1 heterocycles. The normalized spacial score (nSPS) is 29.3. The average Bonchev–Trinajstić information content (AvgIpc) is 2.67. The molecule has 3 heteroatoms. The fraction of sp³-hybridized carbons (Fsp3) is 0.667. The van der Waals surface area contributed by atoms with Crippen molar-refractivity contribution >= 4 is 15.9 Å². The van der Waals surface area contributed by atoms with E-state index in [9.17, 15) is 0 Å². The summed E-state index contributed by atoms with van der Waals surface area (Å²) in [7, 11) is 0. The quantitative estimate of drug-likeness (QED) is 0.819. The predicted molar refractivity (Wildman–Crippen MR) is 90.7 cm³/mol. The summed E-state index contributed by atoms with van der Waals surface area (Å²) in [6.07, 6.45) is 7.93. The first-order valence-electron chi connectivity index (χ1n) is 8.38. The van der Waals surface area contributed by atoms with Crippen molar-refractivity contribution in [2.45, 2.75) is 51.5 Å². The lowest BCUT2D eigenvalue weighted by Crippen LogP contribution is -2.29. The van der Waals surface area contributed by atoms with E-state index in [4.69, 9.17) is 4.74 Å². The molecule has 0 bridgehead atoms. The summed E-state index contributed by atoms with van der Waals surface area (Å²) in [5.41, 5.74) is 1.33. The van der Waals surface area contributed by atoms with Crippen molar-refractivity contribution in [1.29, 1.82) is 0 Å². The van der Waals surface area contributed by atoms with E-state index >= 15 is 0 Å². The maximum Gasteiger partial charge on any atom is 0.125 e. The van der Waals surface area contributed by atoms with Crippen LogP contribution in [0.25, 0.3) is 0 Å². The number of halogens is 1. The Bertz CT molecular complexity index is 476. The van der Waals surface area contributed by atoms with Crippen molar-refractivity contribution in [1.82, 2.24) is 5.32 Å². The zero-order chi connectivity index (χ0) is 14.7. The van der Waals surface area contributed by atoms with E-state index < -0.39 is 0 Å². The molecule has 1 fully saturated rings. The van der Waals surface area contributed by atoms with Gasteiger partial charge in [-0.05, 0) is 56.2 Å². The van der Waals surface area contributed by atoms with Gasteiger partial charge in [-0.25, -0.2) is 0 Å². The molecule has 1 N–H and O–H groups in total. The number of benzene rings is 1. The molecule has 3 unspecified atom stereocenters. The number of hydrogen-bond donors (Lipinski definition) is 1. The molecule has 21 heavy (non-hydrogen) atoms. The van der Waals surface area contributed by atoms with E-state index in [1.807, 2.05) is 0 Å². The van der Waals surface area contributed by atoms with Crippen LogP contribution >= 0.6 is 15.9 Å². The van der Waals surface area contributed by atoms with Crippen LogP contribution in [0.5, 0.6) is 5.75 Å². The number of ether oxygens (including phenoxy) is 1. The standard InChI is InChI=1S/C18H26BrNO/c1-13-4-2-5-14(10-13)12-20-17-6-3-9-21-18-11-15(19)7-8-16(17)18/h7-8,11,13-14,17,20H,2-6,9-10,12H2,1H3. The highest BCUT2D eigenvalue weighted by atomic mass is 79.9. The third-order valence-corrected chi connectivity index (χ3v) is 5.44. The summed E-state index contributed by atoms with van der Waals surface area (Å²) in [5, 5.41) is 3.83. The Morgan fingerprint density at radius 2 is 2.14 bits per heavy atom. The van der Waals surface area contributed by atoms with Crippen molar-refractivity contribution in [3.8, 4) is 5.75 Å². The highest BCUT2D eigenvalue weighted by Crippen LogP contribution is 2.34. The van der Waals surface area contributed by atoms with Crippen molar-refractivity contribution in [3.05, 3.63) is 28.2 Å². The van der Waals surface area contributed by atoms with E-state index in [2.05, 4.69) is 46.4 Å². The Hall–Kier alpha value is -0.540. The van der Waals surface area contributed by atoms with Crippen LogP contribution in [0, 0.1) is 11.8 Å². The first-order chi connectivity index (χ1) is 10.2. The Labute approximate surface area is 136 Å². The third-order valence-electron chi connectivity index (χ3n) is 4.94. The van der Waals surface area contributed by atoms with Gasteiger partial charge >= 0.3 is 0 Å². The molecule has 0 spiro atoms. The van der Waals surface area contributed by atoms with Crippen molar-refractivity contribution in [2.24, 2.45) is 11.8 Å². The Morgan fingerprint density at radius 3 is 3.00 bits per heavy atom. The lowest BCUT2D eigenvalue weighted by molar-refractivity contribution is 0.264. The maximum atomic E-state index is 5.90. The van der Waals surface area contributed by atoms with Crippen LogP contribution in [0.1, 0.15) is 57.1 Å². The lowest BCUT2D eigenvalue weighted by Gasteiger charge is -2.29. The van der Waals surface area contributed by atoms with Gasteiger partial charge < -0.3 is 10.1 Å². The Balaban J connectivity index is 1.65. The number of fused-ring (bicyclic) bond motifs is 1. The zero-order valence-corrected chi connectivity index (χ0v) is 14.5. The van der Waals surface area contributed by atoms with Crippen molar-refractivity contribution in [3.63, 3.8) is 0 Å². The number of nitrogens with one attached hydrogen (secondary N) is 1. The van der Waals surface area contributed by atoms with Gasteiger partial charge in [0.2, 0.25) is 0 Å². The van der Waals surface area contributed by atoms with Crippen LogP contribution in [-0.4, -0.2) is 13.2 Å². The minimum atomic E-state index is 0.452. The summed E-state index contributed by atoms with van der Waals surface area (Å²) >= 11 is 3.54. The molecule has 0 radical (unpaired) electrons. The van der Waals surface area contributed by atoms with E-state index in [0.717, 1.165) is 41.6 Å². The van der Waals surface area contributed by atoms with E-state index in [1.54, 1.807) is 0 Å². The molecule has 1 aliphatic heterocycles. The van der Waals surface area contributed by atoms with Crippen LogP contribution in [0.2, 0.25) is 0 Å². The van der Waals surface area contributed by atoms with Gasteiger partial charge in [-0.2, -0.15) is 0 Å². The molecule has 1 aromatic rings. The first-order valence-corrected chi connectivity index (χ1v) is 9.17. The molecule has 3 rings (SSSR count). The molecule has 1 aliphatic carbocycles. The zero-order valence-electron chi connectivity index (χ0n) is 12.9. The van der Waals surface area contributed by atoms with Gasteiger partial charge in [0, 0.05) is 16.1 Å². The van der Waals surface area contributed by atoms with Crippen LogP contribution in [-0.2, 0) is 0 Å². The molecule has 3 atom stereocenters. The minimum Gasteiger partial charge on any atom is -0.493 e. The second kappa shape index (κ2) is 7.15. The molecule has 1 saturated carbocycles. The van der Waals surface area contributed by atoms with Gasteiger partial charge in [0.15, 0.2) is 0 Å². The smallest absolute Gasteiger partial charge is 0.125 e. The van der Waals surface area contributed by atoms with E-state index in [1.165, 1.54) is 37.7 Å². The highest BCUT2D eigenvalue weighted by molar-refractivity contribution is 9.10. The fourth-order valence-corrected chi connectivity index (χ4v) is 4.15. The lowest BCUT2D eigenvalue weighted by atomic mass is 9.82. The number of rotatable bonds is 3. The van der Waals surface area contributed by atoms with Crippen molar-refractivity contribution in [2.75, 3.05) is 13.2 Å². The van der Waals surface area contributed by atoms with E-state index in [0.29, 0.717) is 6.04 Å². The summed E-state index contributed by atoms with van der Waals surface area (Å²) in [6.45, 7) is 4.39. The van der Waals surface area contributed by atoms with Gasteiger partial charge in [0.25, 0.3) is 0 Å². The average molecular weight is 352 g/mol. The highest BCUT2D eigenvalue weighted by Gasteiger charge is 2.23. The summed E-state index contributed by atoms with van der Waals surface area (Å²) in [4.78, 5) is 0. The maximum absolute atomic E-state index is 5.90. The van der Waals surface area contributed by atoms with Gasteiger partial charge in [-0.3, -0.25) is 0 Å². The second-order valence-corrected chi connectivity index (χ2v) is 7.69. The molecule has 2 aliphatic rings. The molecule has 0 aromatic heterocycles. The van der Waals surface area contributed by atoms with Crippen LogP contribution in [0.4, 0.5) is 0 Å². The second-order valence-electron chi connectivity index (χ2n) is 6.77. The summed E-state index contributed by atoms with van der Waals surface area (Å²) in [6, 6.07) is 6.90. The minimum absolute atomic E-state index is 0.452. The topological polar surface area (TPSA) is 21.3 Å². The Kier molecular flexibility index (Phi) is 5.23. The predicted octanol–water partition coefficient (Wildman–Crippen LogP) is 5.08. The Morgan fingerprint density at radius 1 is 1.24 bits per heavy atom. The van der Waals surface area contributed by atoms with Gasteiger partial charge in [-0.1, -0.05) is 41.8 Å². The monoisotopic (exact) mass is 351 g/mol. The molecular formula is C18H26BrNO. The van der Waals surface area contributed by atoms with Gasteiger partial charge in [-0.15, -0.1) is 0 Å². The molecule has 2 nitrogen and oxygen atoms in total. The van der Waals surface area contributed by atoms with Crippen molar-refractivity contribution < 1.29 is 4.74 Å². The molecular weight excluding hydrogens is 326 g/mol. The SMILES string of the molecule is CC1CCCC(CNC2CCCOc3cc(Br)ccc32)C1. The molecule has 0 saturated heterocycles. The molecule has 1 aromatic carbocycles. The third kappa shape index (κ3) is 4.01. The fourth-order valence-electron chi connectivity index (χ4n) is 3.81. The van der Waals surface area contributed by atoms with Crippen LogP contribution < -0.4 is 10.1 Å². The largest absolute Gasteiger partial charge is 0.493 e. The molecule has 116 valence electrons.